The molecule has 1 aromatic carbocycles. The van der Waals surface area contributed by atoms with Crippen molar-refractivity contribution in [1.29, 1.82) is 0 Å². The maximum Gasteiger partial charge on any atom is 0.236 e. The fraction of sp³-hybridized carbons (Fsp3) is 0.286. The summed E-state index contributed by atoms with van der Waals surface area (Å²) < 4.78 is 0. The second-order valence-corrected chi connectivity index (χ2v) is 4.50. The van der Waals surface area contributed by atoms with Crippen molar-refractivity contribution in [2.75, 3.05) is 10.6 Å². The molecule has 7 heteroatoms. The lowest BCUT2D eigenvalue weighted by molar-refractivity contribution is -0.119. The van der Waals surface area contributed by atoms with Crippen molar-refractivity contribution >= 4 is 34.8 Å². The fourth-order valence-electron chi connectivity index (χ4n) is 1.49. The molecule has 0 unspecified atom stereocenters. The van der Waals surface area contributed by atoms with E-state index in [1.54, 1.807) is 31.2 Å². The van der Waals surface area contributed by atoms with Crippen molar-refractivity contribution in [3.63, 3.8) is 0 Å². The van der Waals surface area contributed by atoms with E-state index >= 15 is 0 Å². The number of rotatable bonds is 5. The molecule has 1 rings (SSSR count). The normalized spacial score (nSPS) is 10.7. The van der Waals surface area contributed by atoms with E-state index < -0.39 is 0 Å². The SMILES string of the molecule is CC(=O)N/N=C(\C)CC(=O)Nc1ccc(NC(C)=O)cc1. The molecule has 3 amide bonds. The van der Waals surface area contributed by atoms with Gasteiger partial charge >= 0.3 is 0 Å². The van der Waals surface area contributed by atoms with Crippen LogP contribution >= 0.6 is 0 Å². The summed E-state index contributed by atoms with van der Waals surface area (Å²) >= 11 is 0. The van der Waals surface area contributed by atoms with E-state index in [4.69, 9.17) is 0 Å². The Morgan fingerprint density at radius 1 is 0.905 bits per heavy atom. The summed E-state index contributed by atoms with van der Waals surface area (Å²) in [6, 6.07) is 6.75. The van der Waals surface area contributed by atoms with Gasteiger partial charge in [-0.1, -0.05) is 0 Å². The largest absolute Gasteiger partial charge is 0.326 e. The Bertz CT molecular complexity index is 564. The molecule has 3 N–H and O–H groups in total. The lowest BCUT2D eigenvalue weighted by Crippen LogP contribution is -2.19. The summed E-state index contributed by atoms with van der Waals surface area (Å²) in [4.78, 5) is 33.3. The highest BCUT2D eigenvalue weighted by atomic mass is 16.2. The second-order valence-electron chi connectivity index (χ2n) is 4.50. The van der Waals surface area contributed by atoms with E-state index in [1.807, 2.05) is 0 Å². The third-order valence-electron chi connectivity index (χ3n) is 2.31. The maximum absolute atomic E-state index is 11.8. The minimum Gasteiger partial charge on any atom is -0.326 e. The van der Waals surface area contributed by atoms with Crippen LogP contribution in [0.3, 0.4) is 0 Å². The first kappa shape index (κ1) is 16.4. The number of carbonyl (C=O) groups is 3. The van der Waals surface area contributed by atoms with Crippen LogP contribution in [0.25, 0.3) is 0 Å². The van der Waals surface area contributed by atoms with Crippen LogP contribution in [0.5, 0.6) is 0 Å². The molecule has 0 radical (unpaired) electrons. The Kier molecular flexibility index (Phi) is 6.06. The molecule has 0 aliphatic heterocycles. The molecule has 0 aliphatic carbocycles. The van der Waals surface area contributed by atoms with Crippen LogP contribution in [-0.2, 0) is 14.4 Å². The van der Waals surface area contributed by atoms with Gasteiger partial charge in [-0.05, 0) is 31.2 Å². The molecule has 0 saturated carbocycles. The monoisotopic (exact) mass is 290 g/mol. The number of benzene rings is 1. The van der Waals surface area contributed by atoms with Gasteiger partial charge in [-0.2, -0.15) is 5.10 Å². The summed E-state index contributed by atoms with van der Waals surface area (Å²) in [5, 5.41) is 9.09. The molecule has 112 valence electrons. The molecule has 0 saturated heterocycles. The highest BCUT2D eigenvalue weighted by Gasteiger charge is 2.05. The van der Waals surface area contributed by atoms with Gasteiger partial charge in [-0.15, -0.1) is 0 Å². The Morgan fingerprint density at radius 3 is 1.90 bits per heavy atom. The summed E-state index contributed by atoms with van der Waals surface area (Å²) in [6.45, 7) is 4.41. The summed E-state index contributed by atoms with van der Waals surface area (Å²) in [6.07, 6.45) is 0.0771. The van der Waals surface area contributed by atoms with Crippen molar-refractivity contribution < 1.29 is 14.4 Å². The standard InChI is InChI=1S/C14H18N4O3/c1-9(17-18-11(3)20)8-14(21)16-13-6-4-12(5-7-13)15-10(2)19/h4-7H,8H2,1-3H3,(H,15,19)(H,16,21)(H,18,20)/b17-9+. The van der Waals surface area contributed by atoms with E-state index in [0.29, 0.717) is 17.1 Å². The van der Waals surface area contributed by atoms with Crippen molar-refractivity contribution in [3.05, 3.63) is 24.3 Å². The molecule has 0 aromatic heterocycles. The zero-order chi connectivity index (χ0) is 15.8. The molecular formula is C14H18N4O3. The number of anilines is 2. The molecule has 0 atom stereocenters. The predicted octanol–water partition coefficient (Wildman–Crippen LogP) is 1.49. The van der Waals surface area contributed by atoms with Crippen LogP contribution in [0.1, 0.15) is 27.2 Å². The zero-order valence-electron chi connectivity index (χ0n) is 12.2. The van der Waals surface area contributed by atoms with Crippen molar-refractivity contribution in [2.24, 2.45) is 5.10 Å². The Labute approximate surface area is 122 Å². The Morgan fingerprint density at radius 2 is 1.43 bits per heavy atom. The predicted molar refractivity (Wildman–Crippen MR) is 80.9 cm³/mol. The molecule has 1 aromatic rings. The minimum atomic E-state index is -0.289. The number of amides is 3. The van der Waals surface area contributed by atoms with E-state index in [2.05, 4.69) is 21.2 Å². The molecule has 0 fully saturated rings. The van der Waals surface area contributed by atoms with Crippen molar-refractivity contribution in [3.8, 4) is 0 Å². The van der Waals surface area contributed by atoms with E-state index in [9.17, 15) is 14.4 Å². The van der Waals surface area contributed by atoms with Gasteiger partial charge < -0.3 is 10.6 Å². The molecule has 0 aliphatic rings. The van der Waals surface area contributed by atoms with E-state index in [1.165, 1.54) is 13.8 Å². The quantitative estimate of drug-likeness (QED) is 0.565. The van der Waals surface area contributed by atoms with Gasteiger partial charge in [0.15, 0.2) is 0 Å². The van der Waals surface area contributed by atoms with Crippen LogP contribution < -0.4 is 16.1 Å². The van der Waals surface area contributed by atoms with Crippen molar-refractivity contribution in [2.45, 2.75) is 27.2 Å². The van der Waals surface area contributed by atoms with Crippen molar-refractivity contribution in [1.82, 2.24) is 5.43 Å². The smallest absolute Gasteiger partial charge is 0.236 e. The molecule has 7 nitrogen and oxygen atoms in total. The van der Waals surface area contributed by atoms with Crippen LogP contribution in [0.15, 0.2) is 29.4 Å². The number of nitrogens with zero attached hydrogens (tertiary/aromatic N) is 1. The molecule has 21 heavy (non-hydrogen) atoms. The first-order chi connectivity index (χ1) is 9.86. The first-order valence-corrected chi connectivity index (χ1v) is 6.34. The van der Waals surface area contributed by atoms with Gasteiger partial charge in [0.2, 0.25) is 17.7 Å². The van der Waals surface area contributed by atoms with Crippen LogP contribution in [0.2, 0.25) is 0 Å². The zero-order valence-corrected chi connectivity index (χ0v) is 12.2. The maximum atomic E-state index is 11.8. The average molecular weight is 290 g/mol. The number of carbonyl (C=O) groups excluding carboxylic acids is 3. The number of hydrogen-bond acceptors (Lipinski definition) is 4. The third kappa shape index (κ3) is 6.86. The number of hydrazone groups is 1. The van der Waals surface area contributed by atoms with Gasteiger partial charge in [0.25, 0.3) is 0 Å². The van der Waals surface area contributed by atoms with Crippen LogP contribution in [0, 0.1) is 0 Å². The topological polar surface area (TPSA) is 99.7 Å². The lowest BCUT2D eigenvalue weighted by Gasteiger charge is -2.07. The average Bonchev–Trinajstić information content (AvgIpc) is 2.38. The lowest BCUT2D eigenvalue weighted by atomic mass is 10.2. The Hall–Kier alpha value is -2.70. The number of hydrogen-bond donors (Lipinski definition) is 3. The van der Waals surface area contributed by atoms with E-state index in [0.717, 1.165) is 0 Å². The molecule has 0 spiro atoms. The summed E-state index contributed by atoms with van der Waals surface area (Å²) in [5.41, 5.74) is 4.04. The van der Waals surface area contributed by atoms with Gasteiger partial charge in [0, 0.05) is 30.9 Å². The molecular weight excluding hydrogens is 272 g/mol. The van der Waals surface area contributed by atoms with E-state index in [-0.39, 0.29) is 24.1 Å². The third-order valence-corrected chi connectivity index (χ3v) is 2.31. The fourth-order valence-corrected chi connectivity index (χ4v) is 1.49. The van der Waals surface area contributed by atoms with Gasteiger partial charge in [0.1, 0.15) is 0 Å². The highest BCUT2D eigenvalue weighted by Crippen LogP contribution is 2.13. The number of nitrogens with one attached hydrogen (secondary N) is 3. The van der Waals surface area contributed by atoms with Gasteiger partial charge in [0.05, 0.1) is 6.42 Å². The summed E-state index contributed by atoms with van der Waals surface area (Å²) in [7, 11) is 0. The second kappa shape index (κ2) is 7.78. The highest BCUT2D eigenvalue weighted by molar-refractivity contribution is 6.05. The minimum absolute atomic E-state index is 0.0771. The summed E-state index contributed by atoms with van der Waals surface area (Å²) in [5.74, 6) is -0.686. The van der Waals surface area contributed by atoms with Gasteiger partial charge in [-0.25, -0.2) is 5.43 Å². The molecule has 0 heterocycles. The van der Waals surface area contributed by atoms with Crippen LogP contribution in [0.4, 0.5) is 11.4 Å². The first-order valence-electron chi connectivity index (χ1n) is 6.34. The van der Waals surface area contributed by atoms with Crippen LogP contribution in [-0.4, -0.2) is 23.4 Å². The Balaban J connectivity index is 2.53. The van der Waals surface area contributed by atoms with Gasteiger partial charge in [-0.3, -0.25) is 14.4 Å². The molecule has 0 bridgehead atoms.